The molecule has 4 aromatic carbocycles. The Balaban J connectivity index is 1.33. The molecule has 0 aliphatic rings. The number of nitrogens with one attached hydrogen (secondary N) is 1. The van der Waals surface area contributed by atoms with E-state index in [0.29, 0.717) is 11.3 Å². The average molecular weight is 422 g/mol. The predicted molar refractivity (Wildman–Crippen MR) is 126 cm³/mol. The predicted octanol–water partition coefficient (Wildman–Crippen LogP) is 5.06. The second-order valence-electron chi connectivity index (χ2n) is 7.42. The van der Waals surface area contributed by atoms with Crippen molar-refractivity contribution in [2.45, 2.75) is 13.3 Å². The number of hydrogen-bond donors (Lipinski definition) is 1. The molecule has 32 heavy (non-hydrogen) atoms. The molecule has 0 saturated heterocycles. The molecule has 0 fully saturated rings. The van der Waals surface area contributed by atoms with E-state index in [0.717, 1.165) is 27.5 Å². The molecule has 0 aliphatic carbocycles. The minimum atomic E-state index is -0.326. The van der Waals surface area contributed by atoms with Crippen molar-refractivity contribution in [2.24, 2.45) is 5.10 Å². The van der Waals surface area contributed by atoms with Gasteiger partial charge >= 0.3 is 5.97 Å². The third-order valence-corrected chi connectivity index (χ3v) is 5.02. The molecule has 0 heterocycles. The Hall–Kier alpha value is -4.25. The highest BCUT2D eigenvalue weighted by Gasteiger charge is 2.09. The van der Waals surface area contributed by atoms with E-state index < -0.39 is 0 Å². The van der Waals surface area contributed by atoms with Crippen LogP contribution in [0.15, 0.2) is 96.1 Å². The van der Waals surface area contributed by atoms with Gasteiger partial charge in [0.25, 0.3) is 5.91 Å². The number of rotatable bonds is 6. The zero-order valence-corrected chi connectivity index (χ0v) is 17.6. The van der Waals surface area contributed by atoms with Crippen molar-refractivity contribution in [1.82, 2.24) is 5.43 Å². The van der Waals surface area contributed by atoms with Gasteiger partial charge in [-0.2, -0.15) is 5.10 Å². The van der Waals surface area contributed by atoms with Crippen LogP contribution >= 0.6 is 0 Å². The van der Waals surface area contributed by atoms with Crippen molar-refractivity contribution in [3.63, 3.8) is 0 Å². The molecule has 158 valence electrons. The summed E-state index contributed by atoms with van der Waals surface area (Å²) in [6.07, 6.45) is 1.73. The van der Waals surface area contributed by atoms with E-state index in [1.165, 1.54) is 6.21 Å². The maximum absolute atomic E-state index is 12.4. The van der Waals surface area contributed by atoms with Gasteiger partial charge in [0.1, 0.15) is 5.75 Å². The largest absolute Gasteiger partial charge is 0.426 e. The summed E-state index contributed by atoms with van der Waals surface area (Å²) in [4.78, 5) is 24.5. The molecule has 0 aliphatic heterocycles. The molecule has 5 heteroatoms. The number of hydrogen-bond acceptors (Lipinski definition) is 4. The number of carbonyl (C=O) groups excluding carboxylic acids is 2. The summed E-state index contributed by atoms with van der Waals surface area (Å²) in [5.74, 6) is -0.149. The highest BCUT2D eigenvalue weighted by atomic mass is 16.5. The van der Waals surface area contributed by atoms with E-state index in [1.807, 2.05) is 61.5 Å². The Morgan fingerprint density at radius 1 is 0.875 bits per heavy atom. The van der Waals surface area contributed by atoms with Crippen molar-refractivity contribution < 1.29 is 14.3 Å². The topological polar surface area (TPSA) is 67.8 Å². The number of nitrogens with zero attached hydrogens (tertiary/aromatic N) is 1. The maximum Gasteiger partial charge on any atom is 0.315 e. The van der Waals surface area contributed by atoms with Crippen LogP contribution in [0.1, 0.15) is 27.0 Å². The molecule has 0 spiro atoms. The average Bonchev–Trinajstić information content (AvgIpc) is 2.81. The van der Waals surface area contributed by atoms with Crippen LogP contribution in [0.25, 0.3) is 10.8 Å². The third-order valence-electron chi connectivity index (χ3n) is 5.02. The smallest absolute Gasteiger partial charge is 0.315 e. The Kier molecular flexibility index (Phi) is 6.37. The number of amides is 1. The lowest BCUT2D eigenvalue weighted by Crippen LogP contribution is -2.17. The monoisotopic (exact) mass is 422 g/mol. The fraction of sp³-hybridized carbons (Fsp3) is 0.0741. The summed E-state index contributed by atoms with van der Waals surface area (Å²) in [6, 6.07) is 28.0. The van der Waals surface area contributed by atoms with Gasteiger partial charge in [-0.25, -0.2) is 5.43 Å². The number of ether oxygens (including phenoxy) is 1. The van der Waals surface area contributed by atoms with E-state index in [2.05, 4.69) is 10.5 Å². The lowest BCUT2D eigenvalue weighted by molar-refractivity contribution is -0.133. The number of carbonyl (C=O) groups is 2. The minimum Gasteiger partial charge on any atom is -0.426 e. The van der Waals surface area contributed by atoms with Gasteiger partial charge in [-0.15, -0.1) is 0 Å². The molecule has 0 bridgehead atoms. The lowest BCUT2D eigenvalue weighted by atomic mass is 10.0. The van der Waals surface area contributed by atoms with Gasteiger partial charge in [-0.1, -0.05) is 60.2 Å². The number of benzene rings is 4. The summed E-state index contributed by atoms with van der Waals surface area (Å²) < 4.78 is 5.48. The van der Waals surface area contributed by atoms with Crippen LogP contribution in [0.2, 0.25) is 0 Å². The lowest BCUT2D eigenvalue weighted by Gasteiger charge is -2.07. The quantitative estimate of drug-likeness (QED) is 0.204. The van der Waals surface area contributed by atoms with Crippen LogP contribution in [-0.4, -0.2) is 18.1 Å². The number of esters is 1. The zero-order valence-electron chi connectivity index (χ0n) is 17.6. The van der Waals surface area contributed by atoms with Gasteiger partial charge in [0.05, 0.1) is 12.6 Å². The maximum atomic E-state index is 12.4. The van der Waals surface area contributed by atoms with Gasteiger partial charge in [-0.3, -0.25) is 9.59 Å². The number of hydrazone groups is 1. The molecule has 1 N–H and O–H groups in total. The van der Waals surface area contributed by atoms with Crippen molar-refractivity contribution in [2.75, 3.05) is 0 Å². The van der Waals surface area contributed by atoms with Crippen LogP contribution < -0.4 is 10.2 Å². The van der Waals surface area contributed by atoms with E-state index in [9.17, 15) is 9.59 Å². The Bertz CT molecular complexity index is 1270. The van der Waals surface area contributed by atoms with E-state index in [-0.39, 0.29) is 18.3 Å². The summed E-state index contributed by atoms with van der Waals surface area (Å²) in [6.45, 7) is 1.96. The summed E-state index contributed by atoms with van der Waals surface area (Å²) in [7, 11) is 0. The Morgan fingerprint density at radius 3 is 2.38 bits per heavy atom. The van der Waals surface area contributed by atoms with Crippen LogP contribution in [0.4, 0.5) is 0 Å². The van der Waals surface area contributed by atoms with Gasteiger partial charge < -0.3 is 4.74 Å². The molecule has 0 radical (unpaired) electrons. The van der Waals surface area contributed by atoms with Gasteiger partial charge in [0, 0.05) is 5.56 Å². The standard InChI is InChI=1S/C27H22N2O3/c1-19-9-13-22(14-10-19)27(31)29-28-18-20-11-15-24(16-12-20)32-26(30)17-23-7-4-6-21-5-2-3-8-25(21)23/h2-16,18H,17H2,1H3,(H,29,31). The zero-order chi connectivity index (χ0) is 22.3. The summed E-state index contributed by atoms with van der Waals surface area (Å²) in [5.41, 5.74) is 5.83. The minimum absolute atomic E-state index is 0.190. The molecular formula is C27H22N2O3. The van der Waals surface area contributed by atoms with Crippen molar-refractivity contribution in [1.29, 1.82) is 0 Å². The first kappa shape index (κ1) is 21.0. The first-order chi connectivity index (χ1) is 15.6. The van der Waals surface area contributed by atoms with Crippen molar-refractivity contribution >= 4 is 28.9 Å². The fourth-order valence-corrected chi connectivity index (χ4v) is 3.33. The molecule has 0 aromatic heterocycles. The highest BCUT2D eigenvalue weighted by Crippen LogP contribution is 2.20. The molecule has 4 aromatic rings. The van der Waals surface area contributed by atoms with Crippen molar-refractivity contribution in [3.05, 3.63) is 113 Å². The second kappa shape index (κ2) is 9.71. The first-order valence-corrected chi connectivity index (χ1v) is 10.3. The van der Waals surface area contributed by atoms with Crippen LogP contribution in [0.3, 0.4) is 0 Å². The highest BCUT2D eigenvalue weighted by molar-refractivity contribution is 5.95. The summed E-state index contributed by atoms with van der Waals surface area (Å²) >= 11 is 0. The van der Waals surface area contributed by atoms with E-state index in [1.54, 1.807) is 36.4 Å². The number of fused-ring (bicyclic) bond motifs is 1. The van der Waals surface area contributed by atoms with Gasteiger partial charge in [0.15, 0.2) is 0 Å². The van der Waals surface area contributed by atoms with Crippen molar-refractivity contribution in [3.8, 4) is 5.75 Å². The Labute approximate surface area is 186 Å². The summed E-state index contributed by atoms with van der Waals surface area (Å²) in [5, 5.41) is 6.12. The second-order valence-corrected chi connectivity index (χ2v) is 7.42. The molecule has 0 unspecified atom stereocenters. The van der Waals surface area contributed by atoms with Crippen LogP contribution in [-0.2, 0) is 11.2 Å². The van der Waals surface area contributed by atoms with Gasteiger partial charge in [0.2, 0.25) is 0 Å². The molecule has 0 saturated carbocycles. The van der Waals surface area contributed by atoms with Crippen LogP contribution in [0, 0.1) is 6.92 Å². The SMILES string of the molecule is Cc1ccc(C(=O)NN=Cc2ccc(OC(=O)Cc3cccc4ccccc34)cc2)cc1. The molecular weight excluding hydrogens is 400 g/mol. The Morgan fingerprint density at radius 2 is 1.59 bits per heavy atom. The van der Waals surface area contributed by atoms with Crippen LogP contribution in [0.5, 0.6) is 5.75 Å². The molecule has 0 atom stereocenters. The third kappa shape index (κ3) is 5.26. The van der Waals surface area contributed by atoms with E-state index in [4.69, 9.17) is 4.74 Å². The normalized spacial score (nSPS) is 10.9. The molecule has 4 rings (SSSR count). The molecule has 5 nitrogen and oxygen atoms in total. The fourth-order valence-electron chi connectivity index (χ4n) is 3.33. The van der Waals surface area contributed by atoms with E-state index >= 15 is 0 Å². The molecule has 1 amide bonds. The van der Waals surface area contributed by atoms with Gasteiger partial charge in [-0.05, 0) is 65.2 Å². The number of aryl methyl sites for hydroxylation is 1. The first-order valence-electron chi connectivity index (χ1n) is 10.3.